The summed E-state index contributed by atoms with van der Waals surface area (Å²) in [5.41, 5.74) is 0.369. The van der Waals surface area contributed by atoms with E-state index < -0.39 is 11.4 Å². The number of hydrogen-bond acceptors (Lipinski definition) is 7. The second kappa shape index (κ2) is 6.82. The summed E-state index contributed by atoms with van der Waals surface area (Å²) in [7, 11) is 1.22. The normalized spacial score (nSPS) is 10.4. The first-order valence-corrected chi connectivity index (χ1v) is 7.01. The maximum Gasteiger partial charge on any atom is 0.360 e. The second-order valence-corrected chi connectivity index (χ2v) is 4.74. The van der Waals surface area contributed by atoms with E-state index in [9.17, 15) is 9.59 Å². The van der Waals surface area contributed by atoms with E-state index in [0.717, 1.165) is 12.0 Å². The van der Waals surface area contributed by atoms with Crippen molar-refractivity contribution in [3.05, 3.63) is 70.5 Å². The highest BCUT2D eigenvalue weighted by Gasteiger charge is 2.25. The first-order chi connectivity index (χ1) is 11.7. The van der Waals surface area contributed by atoms with E-state index in [1.54, 1.807) is 0 Å². The van der Waals surface area contributed by atoms with E-state index >= 15 is 0 Å². The van der Waals surface area contributed by atoms with Gasteiger partial charge in [0.15, 0.2) is 12.1 Å². The van der Waals surface area contributed by atoms with Crippen LogP contribution in [0.1, 0.15) is 16.1 Å². The summed E-state index contributed by atoms with van der Waals surface area (Å²) in [5, 5.41) is 0. The van der Waals surface area contributed by atoms with Crippen molar-refractivity contribution in [1.82, 2.24) is 4.98 Å². The maximum atomic E-state index is 12.1. The molecule has 2 heterocycles. The average Bonchev–Trinajstić information content (AvgIpc) is 3.10. The summed E-state index contributed by atoms with van der Waals surface area (Å²) in [6.07, 6.45) is 2.26. The Morgan fingerprint density at radius 1 is 1.12 bits per heavy atom. The fourth-order valence-electron chi connectivity index (χ4n) is 2.08. The first-order valence-electron chi connectivity index (χ1n) is 7.01. The van der Waals surface area contributed by atoms with Gasteiger partial charge in [0.25, 0.3) is 0 Å². The van der Waals surface area contributed by atoms with Crippen molar-refractivity contribution in [1.29, 1.82) is 0 Å². The van der Waals surface area contributed by atoms with Crippen molar-refractivity contribution in [3.63, 3.8) is 0 Å². The Morgan fingerprint density at radius 3 is 2.67 bits per heavy atom. The first kappa shape index (κ1) is 15.5. The van der Waals surface area contributed by atoms with Crippen LogP contribution < -0.4 is 10.2 Å². The van der Waals surface area contributed by atoms with E-state index in [1.165, 1.54) is 19.4 Å². The lowest BCUT2D eigenvalue weighted by atomic mass is 10.2. The molecule has 7 nitrogen and oxygen atoms in total. The molecule has 24 heavy (non-hydrogen) atoms. The molecule has 1 aromatic carbocycles. The molecule has 0 saturated carbocycles. The molecular weight excluding hydrogens is 314 g/mol. The quantitative estimate of drug-likeness (QED) is 0.665. The molecule has 0 fully saturated rings. The molecule has 0 radical (unpaired) electrons. The predicted octanol–water partition coefficient (Wildman–Crippen LogP) is 2.66. The summed E-state index contributed by atoms with van der Waals surface area (Å²) in [6.45, 7) is 0.157. The van der Waals surface area contributed by atoms with Crippen LogP contribution in [0, 0.1) is 0 Å². The summed E-state index contributed by atoms with van der Waals surface area (Å²) in [6, 6.07) is 10.5. The summed E-state index contributed by atoms with van der Waals surface area (Å²) >= 11 is 0. The number of benzene rings is 1. The molecule has 0 amide bonds. The molecule has 0 spiro atoms. The van der Waals surface area contributed by atoms with Crippen molar-refractivity contribution in [2.45, 2.75) is 6.61 Å². The zero-order chi connectivity index (χ0) is 16.9. The van der Waals surface area contributed by atoms with Gasteiger partial charge in [0.2, 0.25) is 22.7 Å². The Hall–Kier alpha value is -3.35. The van der Waals surface area contributed by atoms with Crippen molar-refractivity contribution in [3.8, 4) is 17.3 Å². The number of rotatable bonds is 5. The van der Waals surface area contributed by atoms with Crippen LogP contribution in [0.2, 0.25) is 0 Å². The number of aromatic nitrogens is 1. The molecule has 0 aliphatic carbocycles. The predicted molar refractivity (Wildman–Crippen MR) is 82.6 cm³/mol. The minimum Gasteiger partial charge on any atom is -0.481 e. The zero-order valence-electron chi connectivity index (χ0n) is 12.7. The molecule has 0 saturated heterocycles. The number of carbonyl (C=O) groups is 1. The van der Waals surface area contributed by atoms with Crippen LogP contribution in [-0.2, 0) is 11.3 Å². The molecule has 0 atom stereocenters. The number of ether oxygens (including phenoxy) is 2. The lowest BCUT2D eigenvalue weighted by Crippen LogP contribution is -2.09. The molecule has 0 N–H and O–H groups in total. The van der Waals surface area contributed by atoms with Gasteiger partial charge in [0.05, 0.1) is 13.4 Å². The van der Waals surface area contributed by atoms with Gasteiger partial charge in [-0.3, -0.25) is 4.79 Å². The van der Waals surface area contributed by atoms with Gasteiger partial charge in [-0.2, -0.15) is 0 Å². The van der Waals surface area contributed by atoms with Gasteiger partial charge < -0.3 is 18.3 Å². The molecule has 0 unspecified atom stereocenters. The Balaban J connectivity index is 1.98. The third-order valence-corrected chi connectivity index (χ3v) is 3.21. The molecule has 3 aromatic rings. The number of carbonyl (C=O) groups excluding carboxylic acids is 1. The average molecular weight is 327 g/mol. The fraction of sp³-hybridized carbons (Fsp3) is 0.118. The van der Waals surface area contributed by atoms with Crippen molar-refractivity contribution in [2.75, 3.05) is 7.11 Å². The van der Waals surface area contributed by atoms with Crippen LogP contribution in [0.3, 0.4) is 0 Å². The molecule has 2 aromatic heterocycles. The highest BCUT2D eigenvalue weighted by Crippen LogP contribution is 2.30. The zero-order valence-corrected chi connectivity index (χ0v) is 12.7. The third-order valence-electron chi connectivity index (χ3n) is 3.21. The largest absolute Gasteiger partial charge is 0.481 e. The highest BCUT2D eigenvalue weighted by atomic mass is 16.5. The van der Waals surface area contributed by atoms with Crippen LogP contribution in [0.15, 0.2) is 62.7 Å². The van der Waals surface area contributed by atoms with Crippen LogP contribution in [0.5, 0.6) is 5.75 Å². The van der Waals surface area contributed by atoms with Crippen LogP contribution in [0.4, 0.5) is 0 Å². The number of methoxy groups -OCH3 is 1. The topological polar surface area (TPSA) is 91.8 Å². The Morgan fingerprint density at radius 2 is 1.92 bits per heavy atom. The van der Waals surface area contributed by atoms with Gasteiger partial charge in [-0.05, 0) is 5.56 Å². The maximum absolute atomic E-state index is 12.1. The van der Waals surface area contributed by atoms with Gasteiger partial charge in [0.1, 0.15) is 6.61 Å². The standard InChI is InChI=1S/C17H13NO6/c1-21-17(20)13-15(24-10-18-13)16-14(12(19)7-8-22-16)23-9-11-5-3-2-4-6-11/h2-8,10H,9H2,1H3. The molecule has 0 aliphatic heterocycles. The Kier molecular flexibility index (Phi) is 4.42. The summed E-state index contributed by atoms with van der Waals surface area (Å²) < 4.78 is 20.8. The molecule has 122 valence electrons. The van der Waals surface area contributed by atoms with Gasteiger partial charge in [0, 0.05) is 6.07 Å². The molecule has 0 bridgehead atoms. The smallest absolute Gasteiger partial charge is 0.360 e. The third kappa shape index (κ3) is 3.05. The van der Waals surface area contributed by atoms with E-state index in [2.05, 4.69) is 9.72 Å². The Labute approximate surface area is 136 Å². The molecular formula is C17H13NO6. The SMILES string of the molecule is COC(=O)c1ncoc1-c1occc(=O)c1OCc1ccccc1. The number of oxazole rings is 1. The van der Waals surface area contributed by atoms with E-state index in [1.807, 2.05) is 30.3 Å². The molecule has 3 rings (SSSR count). The van der Waals surface area contributed by atoms with Gasteiger partial charge in [-0.1, -0.05) is 30.3 Å². The van der Waals surface area contributed by atoms with Crippen molar-refractivity contribution >= 4 is 5.97 Å². The second-order valence-electron chi connectivity index (χ2n) is 4.74. The summed E-state index contributed by atoms with van der Waals surface area (Å²) in [4.78, 5) is 27.7. The number of esters is 1. The highest BCUT2D eigenvalue weighted by molar-refractivity contribution is 5.93. The summed E-state index contributed by atoms with van der Waals surface area (Å²) in [5.74, 6) is -0.818. The minimum atomic E-state index is -0.709. The van der Waals surface area contributed by atoms with Crippen molar-refractivity contribution in [2.24, 2.45) is 0 Å². The van der Waals surface area contributed by atoms with E-state index in [-0.39, 0.29) is 29.6 Å². The lowest BCUT2D eigenvalue weighted by molar-refractivity contribution is 0.0595. The molecule has 7 heteroatoms. The van der Waals surface area contributed by atoms with Crippen LogP contribution in [0.25, 0.3) is 11.5 Å². The van der Waals surface area contributed by atoms with Crippen LogP contribution >= 0.6 is 0 Å². The minimum absolute atomic E-state index is 0.0173. The van der Waals surface area contributed by atoms with Crippen LogP contribution in [-0.4, -0.2) is 18.1 Å². The van der Waals surface area contributed by atoms with E-state index in [4.69, 9.17) is 13.6 Å². The van der Waals surface area contributed by atoms with Gasteiger partial charge >= 0.3 is 5.97 Å². The van der Waals surface area contributed by atoms with Gasteiger partial charge in [-0.25, -0.2) is 9.78 Å². The number of hydrogen-bond donors (Lipinski definition) is 0. The molecule has 0 aliphatic rings. The van der Waals surface area contributed by atoms with Gasteiger partial charge in [-0.15, -0.1) is 0 Å². The Bertz CT molecular complexity index is 897. The fourth-order valence-corrected chi connectivity index (χ4v) is 2.08. The van der Waals surface area contributed by atoms with Crippen molar-refractivity contribution < 1.29 is 23.1 Å². The van der Waals surface area contributed by atoms with E-state index in [0.29, 0.717) is 0 Å². The lowest BCUT2D eigenvalue weighted by Gasteiger charge is -2.08. The number of nitrogens with zero attached hydrogens (tertiary/aromatic N) is 1. The monoisotopic (exact) mass is 327 g/mol.